The Bertz CT molecular complexity index is 1020. The minimum absolute atomic E-state index is 0.151. The lowest BCUT2D eigenvalue weighted by Gasteiger charge is -2.26. The molecule has 4 rings (SSSR count). The number of nitrogens with one attached hydrogen (secondary N) is 3. The molecule has 3 N–H and O–H groups in total. The Kier molecular flexibility index (Phi) is 7.82. The zero-order valence-electron chi connectivity index (χ0n) is 19.1. The fourth-order valence-corrected chi connectivity index (χ4v) is 3.95. The third kappa shape index (κ3) is 5.08. The molecule has 2 aliphatic heterocycles. The van der Waals surface area contributed by atoms with Crippen LogP contribution in [-0.2, 0) is 9.53 Å². The third-order valence-electron chi connectivity index (χ3n) is 5.57. The molecule has 8 heteroatoms. The summed E-state index contributed by atoms with van der Waals surface area (Å²) < 4.78 is 19.0. The number of carbonyl (C=O) groups is 2. The molecular formula is C24H31FN4O3. The van der Waals surface area contributed by atoms with E-state index in [1.807, 2.05) is 27.7 Å². The topological polar surface area (TPSA) is 86.5 Å². The maximum atomic E-state index is 13.7. The number of nitrogens with zero attached hydrogens (tertiary/aromatic N) is 1. The molecule has 0 saturated carbocycles. The van der Waals surface area contributed by atoms with E-state index in [0.717, 1.165) is 44.1 Å². The Morgan fingerprint density at radius 3 is 2.69 bits per heavy atom. The first-order valence-corrected chi connectivity index (χ1v) is 11.0. The van der Waals surface area contributed by atoms with E-state index in [-0.39, 0.29) is 11.8 Å². The Balaban J connectivity index is 0.00000141. The van der Waals surface area contributed by atoms with Crippen LogP contribution in [0.1, 0.15) is 46.7 Å². The zero-order valence-corrected chi connectivity index (χ0v) is 19.1. The third-order valence-corrected chi connectivity index (χ3v) is 5.57. The van der Waals surface area contributed by atoms with Gasteiger partial charge in [-0.3, -0.25) is 14.5 Å². The van der Waals surface area contributed by atoms with Gasteiger partial charge in [-0.25, -0.2) is 4.39 Å². The first-order chi connectivity index (χ1) is 15.4. The SMILES string of the molecule is CC.Cc1[nH]c(/C=C2\C(=O)Nc3ccc(F)cc32)c(C)c1C(=O)NCCN1CCOCC1. The maximum Gasteiger partial charge on any atom is 0.256 e. The van der Waals surface area contributed by atoms with Crippen LogP contribution in [-0.4, -0.2) is 61.1 Å². The number of rotatable bonds is 5. The molecule has 0 aliphatic carbocycles. The molecular weight excluding hydrogens is 411 g/mol. The van der Waals surface area contributed by atoms with E-state index in [2.05, 4.69) is 20.5 Å². The van der Waals surface area contributed by atoms with Gasteiger partial charge in [0.05, 0.1) is 24.4 Å². The lowest BCUT2D eigenvalue weighted by molar-refractivity contribution is -0.110. The van der Waals surface area contributed by atoms with E-state index < -0.39 is 5.82 Å². The highest BCUT2D eigenvalue weighted by Crippen LogP contribution is 2.34. The molecule has 2 aromatic rings. The largest absolute Gasteiger partial charge is 0.379 e. The summed E-state index contributed by atoms with van der Waals surface area (Å²) in [6, 6.07) is 4.19. The van der Waals surface area contributed by atoms with E-state index in [1.165, 1.54) is 12.1 Å². The number of aromatic nitrogens is 1. The van der Waals surface area contributed by atoms with E-state index in [4.69, 9.17) is 4.74 Å². The molecule has 1 aromatic heterocycles. The highest BCUT2D eigenvalue weighted by atomic mass is 19.1. The highest BCUT2D eigenvalue weighted by Gasteiger charge is 2.26. The van der Waals surface area contributed by atoms with E-state index in [9.17, 15) is 14.0 Å². The Morgan fingerprint density at radius 2 is 1.97 bits per heavy atom. The van der Waals surface area contributed by atoms with Crippen LogP contribution in [0.25, 0.3) is 11.6 Å². The van der Waals surface area contributed by atoms with Crippen molar-refractivity contribution in [2.24, 2.45) is 0 Å². The van der Waals surface area contributed by atoms with Crippen LogP contribution < -0.4 is 10.6 Å². The number of anilines is 1. The van der Waals surface area contributed by atoms with Crippen molar-refractivity contribution in [2.45, 2.75) is 27.7 Å². The normalized spacial score (nSPS) is 16.9. The highest BCUT2D eigenvalue weighted by molar-refractivity contribution is 6.34. The number of benzene rings is 1. The number of carbonyl (C=O) groups excluding carboxylic acids is 2. The summed E-state index contributed by atoms with van der Waals surface area (Å²) in [4.78, 5) is 30.6. The quantitative estimate of drug-likeness (QED) is 0.620. The number of ether oxygens (including phenoxy) is 1. The number of aryl methyl sites for hydroxylation is 1. The van der Waals surface area contributed by atoms with Crippen molar-refractivity contribution in [1.29, 1.82) is 0 Å². The van der Waals surface area contributed by atoms with E-state index in [1.54, 1.807) is 12.1 Å². The summed E-state index contributed by atoms with van der Waals surface area (Å²) in [5, 5.41) is 5.71. The monoisotopic (exact) mass is 442 g/mol. The fraction of sp³-hybridized carbons (Fsp3) is 0.417. The van der Waals surface area contributed by atoms with Crippen LogP contribution in [0, 0.1) is 19.7 Å². The first-order valence-electron chi connectivity index (χ1n) is 11.0. The van der Waals surface area contributed by atoms with Crippen molar-refractivity contribution in [3.05, 3.63) is 52.1 Å². The second kappa shape index (κ2) is 10.6. The van der Waals surface area contributed by atoms with Crippen molar-refractivity contribution < 1.29 is 18.7 Å². The summed E-state index contributed by atoms with van der Waals surface area (Å²) in [7, 11) is 0. The average Bonchev–Trinajstić information content (AvgIpc) is 3.25. The Hall–Kier alpha value is -2.97. The van der Waals surface area contributed by atoms with Gasteiger partial charge in [0.1, 0.15) is 5.82 Å². The molecule has 2 aliphatic rings. The molecule has 0 bridgehead atoms. The van der Waals surface area contributed by atoms with Crippen LogP contribution in [0.2, 0.25) is 0 Å². The predicted molar refractivity (Wildman–Crippen MR) is 124 cm³/mol. The first kappa shape index (κ1) is 23.7. The van der Waals surface area contributed by atoms with Crippen molar-refractivity contribution in [2.75, 3.05) is 44.7 Å². The minimum Gasteiger partial charge on any atom is -0.379 e. The summed E-state index contributed by atoms with van der Waals surface area (Å²) in [5.74, 6) is -0.851. The van der Waals surface area contributed by atoms with Crippen molar-refractivity contribution in [3.8, 4) is 0 Å². The van der Waals surface area contributed by atoms with Crippen LogP contribution in [0.5, 0.6) is 0 Å². The van der Waals surface area contributed by atoms with Gasteiger partial charge in [0.25, 0.3) is 11.8 Å². The molecule has 0 radical (unpaired) electrons. The molecule has 3 heterocycles. The molecule has 172 valence electrons. The number of amides is 2. The molecule has 0 spiro atoms. The Morgan fingerprint density at radius 1 is 1.25 bits per heavy atom. The summed E-state index contributed by atoms with van der Waals surface area (Å²) >= 11 is 0. The number of aromatic amines is 1. The average molecular weight is 443 g/mol. The Labute approximate surface area is 188 Å². The zero-order chi connectivity index (χ0) is 23.3. The van der Waals surface area contributed by atoms with Gasteiger partial charge in [0, 0.05) is 48.8 Å². The smallest absolute Gasteiger partial charge is 0.256 e. The molecule has 0 atom stereocenters. The van der Waals surface area contributed by atoms with Gasteiger partial charge in [0.15, 0.2) is 0 Å². The lowest BCUT2D eigenvalue weighted by Crippen LogP contribution is -2.41. The van der Waals surface area contributed by atoms with Crippen molar-refractivity contribution >= 4 is 29.2 Å². The van der Waals surface area contributed by atoms with Gasteiger partial charge in [-0.2, -0.15) is 0 Å². The molecule has 2 amide bonds. The lowest BCUT2D eigenvalue weighted by atomic mass is 10.0. The second-order valence-corrected chi connectivity index (χ2v) is 7.58. The van der Waals surface area contributed by atoms with Crippen LogP contribution in [0.4, 0.5) is 10.1 Å². The second-order valence-electron chi connectivity index (χ2n) is 7.58. The van der Waals surface area contributed by atoms with Gasteiger partial charge >= 0.3 is 0 Å². The summed E-state index contributed by atoms with van der Waals surface area (Å²) in [6.45, 7) is 12.2. The van der Waals surface area contributed by atoms with Crippen LogP contribution in [0.15, 0.2) is 18.2 Å². The number of morpholine rings is 1. The van der Waals surface area contributed by atoms with Crippen LogP contribution in [0.3, 0.4) is 0 Å². The molecule has 1 fully saturated rings. The molecule has 1 aromatic carbocycles. The molecule has 0 unspecified atom stereocenters. The predicted octanol–water partition coefficient (Wildman–Crippen LogP) is 3.35. The van der Waals surface area contributed by atoms with Gasteiger partial charge in [-0.1, -0.05) is 13.8 Å². The number of hydrogen-bond donors (Lipinski definition) is 3. The van der Waals surface area contributed by atoms with Gasteiger partial charge in [-0.15, -0.1) is 0 Å². The van der Waals surface area contributed by atoms with Crippen molar-refractivity contribution in [1.82, 2.24) is 15.2 Å². The number of H-pyrrole nitrogens is 1. The number of fused-ring (bicyclic) bond motifs is 1. The summed E-state index contributed by atoms with van der Waals surface area (Å²) in [5.41, 5.74) is 4.17. The molecule has 32 heavy (non-hydrogen) atoms. The number of hydrogen-bond acceptors (Lipinski definition) is 4. The van der Waals surface area contributed by atoms with Crippen LogP contribution >= 0.6 is 0 Å². The number of halogens is 1. The van der Waals surface area contributed by atoms with E-state index >= 15 is 0 Å². The van der Waals surface area contributed by atoms with E-state index in [0.29, 0.717) is 34.6 Å². The standard InChI is InChI=1S/C22H25FN4O3.C2H6/c1-13-19(12-17-16-11-15(23)3-4-18(16)26-21(17)28)25-14(2)20(13)22(29)24-5-6-27-7-9-30-10-8-27;1-2/h3-4,11-12,25H,5-10H2,1-2H3,(H,24,29)(H,26,28);1-2H3/b17-12-;. The van der Waals surface area contributed by atoms with Gasteiger partial charge < -0.3 is 20.4 Å². The maximum absolute atomic E-state index is 13.7. The van der Waals surface area contributed by atoms with Gasteiger partial charge in [0.2, 0.25) is 0 Å². The van der Waals surface area contributed by atoms with Crippen molar-refractivity contribution in [3.63, 3.8) is 0 Å². The molecule has 7 nitrogen and oxygen atoms in total. The summed E-state index contributed by atoms with van der Waals surface area (Å²) in [6.07, 6.45) is 1.67. The van der Waals surface area contributed by atoms with Gasteiger partial charge in [-0.05, 0) is 43.7 Å². The molecule has 1 saturated heterocycles. The minimum atomic E-state index is -0.407. The fourth-order valence-electron chi connectivity index (χ4n) is 3.95.